The lowest BCUT2D eigenvalue weighted by Gasteiger charge is -2.03. The Bertz CT molecular complexity index is 898. The standard InChI is InChI=1S/C15H12ClNO5S2/c16-14-5-6-15(23-14)24(18,19)17-7-1-2-8-20-11-3-4-12-13(9-11)22-10-21-12/h3-6,9,17H,7-8,10H2. The molecule has 0 atom stereocenters. The van der Waals surface area contributed by atoms with Crippen LogP contribution in [0, 0.1) is 11.8 Å². The lowest BCUT2D eigenvalue weighted by molar-refractivity contribution is 0.174. The Morgan fingerprint density at radius 2 is 2.04 bits per heavy atom. The summed E-state index contributed by atoms with van der Waals surface area (Å²) in [5.74, 6) is 7.33. The Morgan fingerprint density at radius 1 is 1.21 bits per heavy atom. The molecule has 1 N–H and O–H groups in total. The number of sulfonamides is 1. The number of rotatable bonds is 5. The van der Waals surface area contributed by atoms with Gasteiger partial charge in [-0.1, -0.05) is 23.4 Å². The number of halogens is 1. The van der Waals surface area contributed by atoms with Crippen LogP contribution in [-0.4, -0.2) is 28.4 Å². The molecule has 9 heteroatoms. The molecule has 1 aromatic carbocycles. The van der Waals surface area contributed by atoms with Gasteiger partial charge < -0.3 is 14.2 Å². The van der Waals surface area contributed by atoms with Gasteiger partial charge in [0.15, 0.2) is 11.5 Å². The van der Waals surface area contributed by atoms with E-state index in [1.165, 1.54) is 12.1 Å². The molecule has 1 aliphatic rings. The van der Waals surface area contributed by atoms with Crippen molar-refractivity contribution in [2.24, 2.45) is 0 Å². The SMILES string of the molecule is O=S(=O)(NCC#CCOc1ccc2c(c1)OCO2)c1ccc(Cl)s1. The normalized spacial score (nSPS) is 12.5. The first-order valence-electron chi connectivity index (χ1n) is 6.78. The summed E-state index contributed by atoms with van der Waals surface area (Å²) >= 11 is 6.72. The van der Waals surface area contributed by atoms with E-state index in [4.69, 9.17) is 25.8 Å². The van der Waals surface area contributed by atoms with Crippen molar-refractivity contribution < 1.29 is 22.6 Å². The van der Waals surface area contributed by atoms with E-state index < -0.39 is 10.0 Å². The lowest BCUT2D eigenvalue weighted by Crippen LogP contribution is -2.23. The second-order valence-corrected chi connectivity index (χ2v) is 8.25. The number of thiophene rings is 1. The van der Waals surface area contributed by atoms with Gasteiger partial charge in [-0.25, -0.2) is 8.42 Å². The minimum Gasteiger partial charge on any atom is -0.481 e. The molecule has 0 aliphatic carbocycles. The molecule has 1 aromatic heterocycles. The van der Waals surface area contributed by atoms with Gasteiger partial charge in [0.05, 0.1) is 10.9 Å². The molecule has 0 radical (unpaired) electrons. The quantitative estimate of drug-likeness (QED) is 0.800. The van der Waals surface area contributed by atoms with Gasteiger partial charge in [-0.2, -0.15) is 4.72 Å². The second-order valence-electron chi connectivity index (χ2n) is 4.54. The van der Waals surface area contributed by atoms with Gasteiger partial charge in [-0.15, -0.1) is 11.3 Å². The first-order chi connectivity index (χ1) is 11.5. The number of fused-ring (bicyclic) bond motifs is 1. The van der Waals surface area contributed by atoms with E-state index in [1.54, 1.807) is 18.2 Å². The molecule has 0 amide bonds. The monoisotopic (exact) mass is 385 g/mol. The number of nitrogens with one attached hydrogen (secondary N) is 1. The fourth-order valence-electron chi connectivity index (χ4n) is 1.84. The molecule has 0 unspecified atom stereocenters. The average molecular weight is 386 g/mol. The van der Waals surface area contributed by atoms with E-state index >= 15 is 0 Å². The molecule has 2 heterocycles. The fraction of sp³-hybridized carbons (Fsp3) is 0.200. The molecule has 6 nitrogen and oxygen atoms in total. The van der Waals surface area contributed by atoms with Crippen LogP contribution in [0.25, 0.3) is 0 Å². The summed E-state index contributed by atoms with van der Waals surface area (Å²) in [4.78, 5) is 0. The highest BCUT2D eigenvalue weighted by molar-refractivity contribution is 7.91. The van der Waals surface area contributed by atoms with E-state index in [0.717, 1.165) is 11.3 Å². The minimum absolute atomic E-state index is 0.0116. The maximum atomic E-state index is 11.9. The van der Waals surface area contributed by atoms with Crippen molar-refractivity contribution >= 4 is 33.0 Å². The third kappa shape index (κ3) is 4.13. The zero-order chi connectivity index (χ0) is 17.0. The smallest absolute Gasteiger partial charge is 0.250 e. The topological polar surface area (TPSA) is 73.9 Å². The summed E-state index contributed by atoms with van der Waals surface area (Å²) in [5, 5.41) is 0. The van der Waals surface area contributed by atoms with Gasteiger partial charge >= 0.3 is 0 Å². The molecule has 0 saturated heterocycles. The number of ether oxygens (including phenoxy) is 3. The Labute approximate surface area is 148 Å². The molecule has 2 aromatic rings. The second kappa shape index (κ2) is 7.32. The predicted octanol–water partition coefficient (Wildman–Crippen LogP) is 2.49. The highest BCUT2D eigenvalue weighted by Crippen LogP contribution is 2.34. The maximum absolute atomic E-state index is 11.9. The molecule has 126 valence electrons. The molecule has 0 spiro atoms. The van der Waals surface area contributed by atoms with Crippen LogP contribution in [0.4, 0.5) is 0 Å². The highest BCUT2D eigenvalue weighted by atomic mass is 35.5. The summed E-state index contributed by atoms with van der Waals surface area (Å²) in [6.07, 6.45) is 0. The molecular formula is C15H12ClNO5S2. The van der Waals surface area contributed by atoms with Crippen LogP contribution in [-0.2, 0) is 10.0 Å². The Kier molecular flexibility index (Phi) is 5.16. The van der Waals surface area contributed by atoms with Gasteiger partial charge in [0.25, 0.3) is 10.0 Å². The molecule has 1 aliphatic heterocycles. The van der Waals surface area contributed by atoms with Gasteiger partial charge in [0.1, 0.15) is 16.6 Å². The van der Waals surface area contributed by atoms with E-state index in [1.807, 2.05) is 0 Å². The van der Waals surface area contributed by atoms with Crippen LogP contribution in [0.2, 0.25) is 4.34 Å². The van der Waals surface area contributed by atoms with Crippen molar-refractivity contribution in [3.63, 3.8) is 0 Å². The summed E-state index contributed by atoms with van der Waals surface area (Å²) in [7, 11) is -3.58. The molecule has 24 heavy (non-hydrogen) atoms. The van der Waals surface area contributed by atoms with Gasteiger partial charge in [-0.05, 0) is 24.3 Å². The first kappa shape index (κ1) is 16.9. The molecule has 0 bridgehead atoms. The third-order valence-corrected chi connectivity index (χ3v) is 6.07. The van der Waals surface area contributed by atoms with Crippen LogP contribution in [0.5, 0.6) is 17.2 Å². The first-order valence-corrected chi connectivity index (χ1v) is 9.45. The highest BCUT2D eigenvalue weighted by Gasteiger charge is 2.15. The van der Waals surface area contributed by atoms with Crippen molar-refractivity contribution in [3.8, 4) is 29.1 Å². The van der Waals surface area contributed by atoms with E-state index in [2.05, 4.69) is 16.6 Å². The number of hydrogen-bond acceptors (Lipinski definition) is 6. The van der Waals surface area contributed by atoms with Crippen molar-refractivity contribution in [1.29, 1.82) is 0 Å². The Hall–Kier alpha value is -1.92. The largest absolute Gasteiger partial charge is 0.481 e. The Morgan fingerprint density at radius 3 is 2.83 bits per heavy atom. The fourth-order valence-corrected chi connectivity index (χ4v) is 4.29. The van der Waals surface area contributed by atoms with E-state index in [-0.39, 0.29) is 24.2 Å². The maximum Gasteiger partial charge on any atom is 0.250 e. The predicted molar refractivity (Wildman–Crippen MR) is 90.4 cm³/mol. The van der Waals surface area contributed by atoms with Crippen LogP contribution in [0.3, 0.4) is 0 Å². The van der Waals surface area contributed by atoms with Crippen LogP contribution >= 0.6 is 22.9 Å². The summed E-state index contributed by atoms with van der Waals surface area (Å²) in [6.45, 7) is 0.322. The molecule has 0 fully saturated rings. The van der Waals surface area contributed by atoms with Gasteiger partial charge in [0, 0.05) is 6.07 Å². The van der Waals surface area contributed by atoms with Crippen molar-refractivity contribution in [2.75, 3.05) is 19.9 Å². The third-order valence-electron chi connectivity index (χ3n) is 2.94. The Balaban J connectivity index is 1.47. The van der Waals surface area contributed by atoms with Crippen LogP contribution in [0.1, 0.15) is 0 Å². The number of benzene rings is 1. The minimum atomic E-state index is -3.58. The lowest BCUT2D eigenvalue weighted by atomic mass is 10.3. The molecule has 3 rings (SSSR count). The van der Waals surface area contributed by atoms with Crippen LogP contribution in [0.15, 0.2) is 34.5 Å². The summed E-state index contributed by atoms with van der Waals surface area (Å²) < 4.78 is 42.7. The summed E-state index contributed by atoms with van der Waals surface area (Å²) in [5.41, 5.74) is 0. The van der Waals surface area contributed by atoms with Gasteiger partial charge in [0.2, 0.25) is 6.79 Å². The van der Waals surface area contributed by atoms with Gasteiger partial charge in [-0.3, -0.25) is 0 Å². The van der Waals surface area contributed by atoms with E-state index in [0.29, 0.717) is 21.6 Å². The zero-order valence-electron chi connectivity index (χ0n) is 12.2. The van der Waals surface area contributed by atoms with Crippen LogP contribution < -0.4 is 18.9 Å². The van der Waals surface area contributed by atoms with Crippen molar-refractivity contribution in [1.82, 2.24) is 4.72 Å². The van der Waals surface area contributed by atoms with Crippen molar-refractivity contribution in [3.05, 3.63) is 34.7 Å². The molecule has 0 saturated carbocycles. The van der Waals surface area contributed by atoms with Crippen molar-refractivity contribution in [2.45, 2.75) is 4.21 Å². The zero-order valence-corrected chi connectivity index (χ0v) is 14.6. The average Bonchev–Trinajstić information content (AvgIpc) is 3.19. The van der Waals surface area contributed by atoms with E-state index in [9.17, 15) is 8.42 Å². The molecular weight excluding hydrogens is 374 g/mol. The number of hydrogen-bond donors (Lipinski definition) is 1. The summed E-state index contributed by atoms with van der Waals surface area (Å²) in [6, 6.07) is 8.20.